The standard InChI is InChI=1S/C12H17N3/c1-9-6-15(11(3)10(9)2)8-12-5-13-14(4)7-12/h5-7H,8H2,1-4H3. The smallest absolute Gasteiger partial charge is 0.0539 e. The van der Waals surface area contributed by atoms with Gasteiger partial charge in [0.2, 0.25) is 0 Å². The van der Waals surface area contributed by atoms with Crippen molar-refractivity contribution in [3.05, 3.63) is 41.0 Å². The van der Waals surface area contributed by atoms with Gasteiger partial charge in [0, 0.05) is 30.7 Å². The van der Waals surface area contributed by atoms with Gasteiger partial charge in [0.25, 0.3) is 0 Å². The molecule has 0 saturated heterocycles. The first-order valence-corrected chi connectivity index (χ1v) is 5.18. The van der Waals surface area contributed by atoms with Gasteiger partial charge in [0.1, 0.15) is 0 Å². The first-order chi connectivity index (χ1) is 7.08. The van der Waals surface area contributed by atoms with Crippen LogP contribution in [0.3, 0.4) is 0 Å². The molecule has 15 heavy (non-hydrogen) atoms. The lowest BCUT2D eigenvalue weighted by Crippen LogP contribution is -1.99. The minimum absolute atomic E-state index is 0.911. The molecule has 0 aliphatic rings. The lowest BCUT2D eigenvalue weighted by molar-refractivity contribution is 0.756. The summed E-state index contributed by atoms with van der Waals surface area (Å²) in [4.78, 5) is 0. The van der Waals surface area contributed by atoms with Crippen LogP contribution >= 0.6 is 0 Å². The third-order valence-corrected chi connectivity index (χ3v) is 3.03. The van der Waals surface area contributed by atoms with E-state index < -0.39 is 0 Å². The fourth-order valence-electron chi connectivity index (χ4n) is 1.84. The van der Waals surface area contributed by atoms with Crippen LogP contribution in [-0.4, -0.2) is 14.3 Å². The van der Waals surface area contributed by atoms with Gasteiger partial charge in [-0.15, -0.1) is 0 Å². The van der Waals surface area contributed by atoms with Gasteiger partial charge in [-0.05, 0) is 31.9 Å². The molecule has 3 nitrogen and oxygen atoms in total. The Morgan fingerprint density at radius 3 is 2.40 bits per heavy atom. The summed E-state index contributed by atoms with van der Waals surface area (Å²) in [7, 11) is 1.95. The Kier molecular flexibility index (Phi) is 2.39. The Bertz CT molecular complexity index is 477. The third kappa shape index (κ3) is 1.82. The van der Waals surface area contributed by atoms with Crippen molar-refractivity contribution in [2.24, 2.45) is 7.05 Å². The molecule has 2 rings (SSSR count). The Balaban J connectivity index is 2.28. The van der Waals surface area contributed by atoms with Crippen LogP contribution < -0.4 is 0 Å². The maximum Gasteiger partial charge on any atom is 0.0539 e. The van der Waals surface area contributed by atoms with E-state index in [4.69, 9.17) is 0 Å². The molecule has 2 heterocycles. The van der Waals surface area contributed by atoms with Crippen molar-refractivity contribution < 1.29 is 0 Å². The maximum atomic E-state index is 4.18. The van der Waals surface area contributed by atoms with E-state index in [0.29, 0.717) is 0 Å². The van der Waals surface area contributed by atoms with Crippen molar-refractivity contribution in [3.63, 3.8) is 0 Å². The van der Waals surface area contributed by atoms with Crippen molar-refractivity contribution in [1.82, 2.24) is 14.3 Å². The van der Waals surface area contributed by atoms with E-state index in [1.807, 2.05) is 17.9 Å². The molecule has 0 bridgehead atoms. The second kappa shape index (κ2) is 3.57. The predicted molar refractivity (Wildman–Crippen MR) is 61.0 cm³/mol. The molecule has 0 atom stereocenters. The fraction of sp³-hybridized carbons (Fsp3) is 0.417. The number of hydrogen-bond acceptors (Lipinski definition) is 1. The zero-order valence-corrected chi connectivity index (χ0v) is 9.78. The molecular weight excluding hydrogens is 186 g/mol. The molecule has 80 valence electrons. The number of nitrogens with zero attached hydrogens (tertiary/aromatic N) is 3. The number of aromatic nitrogens is 3. The molecule has 0 aliphatic carbocycles. The molecule has 0 N–H and O–H groups in total. The van der Waals surface area contributed by atoms with E-state index in [1.54, 1.807) is 0 Å². The maximum absolute atomic E-state index is 4.18. The quantitative estimate of drug-likeness (QED) is 0.733. The van der Waals surface area contributed by atoms with E-state index in [2.05, 4.69) is 42.8 Å². The monoisotopic (exact) mass is 203 g/mol. The minimum Gasteiger partial charge on any atom is -0.347 e. The van der Waals surface area contributed by atoms with E-state index in [1.165, 1.54) is 22.4 Å². The van der Waals surface area contributed by atoms with Crippen LogP contribution in [0, 0.1) is 20.8 Å². The topological polar surface area (TPSA) is 22.8 Å². The van der Waals surface area contributed by atoms with Crippen molar-refractivity contribution in [3.8, 4) is 0 Å². The van der Waals surface area contributed by atoms with Gasteiger partial charge in [0.15, 0.2) is 0 Å². The van der Waals surface area contributed by atoms with Crippen LogP contribution in [0.15, 0.2) is 18.6 Å². The second-order valence-electron chi connectivity index (χ2n) is 4.17. The molecule has 0 spiro atoms. The van der Waals surface area contributed by atoms with Gasteiger partial charge in [-0.25, -0.2) is 0 Å². The van der Waals surface area contributed by atoms with E-state index in [-0.39, 0.29) is 0 Å². The largest absolute Gasteiger partial charge is 0.347 e. The van der Waals surface area contributed by atoms with Gasteiger partial charge >= 0.3 is 0 Å². The lowest BCUT2D eigenvalue weighted by Gasteiger charge is -2.03. The SMILES string of the molecule is Cc1cn(Cc2cnn(C)c2)c(C)c1C. The highest BCUT2D eigenvalue weighted by Crippen LogP contribution is 2.15. The van der Waals surface area contributed by atoms with Crippen LogP contribution in [-0.2, 0) is 13.6 Å². The van der Waals surface area contributed by atoms with Crippen molar-refractivity contribution >= 4 is 0 Å². The highest BCUT2D eigenvalue weighted by molar-refractivity contribution is 5.29. The molecule has 0 aliphatic heterocycles. The summed E-state index contributed by atoms with van der Waals surface area (Å²) in [5, 5.41) is 4.18. The van der Waals surface area contributed by atoms with Crippen LogP contribution in [0.4, 0.5) is 0 Å². The minimum atomic E-state index is 0.911. The van der Waals surface area contributed by atoms with Crippen molar-refractivity contribution in [1.29, 1.82) is 0 Å². The average molecular weight is 203 g/mol. The summed E-state index contributed by atoms with van der Waals surface area (Å²) in [6.45, 7) is 7.40. The van der Waals surface area contributed by atoms with Crippen molar-refractivity contribution in [2.75, 3.05) is 0 Å². The Morgan fingerprint density at radius 2 is 1.93 bits per heavy atom. The summed E-state index contributed by atoms with van der Waals surface area (Å²) in [6.07, 6.45) is 6.19. The summed E-state index contributed by atoms with van der Waals surface area (Å²) in [5.41, 5.74) is 5.34. The summed E-state index contributed by atoms with van der Waals surface area (Å²) in [5.74, 6) is 0. The first-order valence-electron chi connectivity index (χ1n) is 5.18. The first kappa shape index (κ1) is 10.0. The molecule has 0 unspecified atom stereocenters. The highest BCUT2D eigenvalue weighted by Gasteiger charge is 2.06. The van der Waals surface area contributed by atoms with E-state index in [9.17, 15) is 0 Å². The molecule has 3 heteroatoms. The third-order valence-electron chi connectivity index (χ3n) is 3.03. The van der Waals surface area contributed by atoms with Crippen molar-refractivity contribution in [2.45, 2.75) is 27.3 Å². The van der Waals surface area contributed by atoms with Crippen LogP contribution in [0.5, 0.6) is 0 Å². The zero-order chi connectivity index (χ0) is 11.0. The van der Waals surface area contributed by atoms with Gasteiger partial charge < -0.3 is 4.57 Å². The van der Waals surface area contributed by atoms with Gasteiger partial charge in [-0.1, -0.05) is 0 Å². The van der Waals surface area contributed by atoms with Gasteiger partial charge in [-0.2, -0.15) is 5.10 Å². The molecule has 2 aromatic heterocycles. The number of aryl methyl sites for hydroxylation is 2. The zero-order valence-electron chi connectivity index (χ0n) is 9.78. The molecular formula is C12H17N3. The molecule has 0 radical (unpaired) electrons. The fourth-order valence-corrected chi connectivity index (χ4v) is 1.84. The van der Waals surface area contributed by atoms with Crippen LogP contribution in [0.1, 0.15) is 22.4 Å². The highest BCUT2D eigenvalue weighted by atomic mass is 15.2. The summed E-state index contributed by atoms with van der Waals surface area (Å²) >= 11 is 0. The molecule has 0 amide bonds. The van der Waals surface area contributed by atoms with Crippen LogP contribution in [0.25, 0.3) is 0 Å². The number of rotatable bonds is 2. The summed E-state index contributed by atoms with van der Waals surface area (Å²) in [6, 6.07) is 0. The van der Waals surface area contributed by atoms with Crippen LogP contribution in [0.2, 0.25) is 0 Å². The average Bonchev–Trinajstić information content (AvgIpc) is 2.68. The molecule has 2 aromatic rings. The molecule has 0 aromatic carbocycles. The van der Waals surface area contributed by atoms with E-state index in [0.717, 1.165) is 6.54 Å². The normalized spacial score (nSPS) is 10.9. The van der Waals surface area contributed by atoms with Gasteiger partial charge in [-0.3, -0.25) is 4.68 Å². The summed E-state index contributed by atoms with van der Waals surface area (Å²) < 4.78 is 4.12. The second-order valence-corrected chi connectivity index (χ2v) is 4.17. The number of hydrogen-bond donors (Lipinski definition) is 0. The molecule has 0 saturated carbocycles. The molecule has 0 fully saturated rings. The Labute approximate surface area is 90.3 Å². The lowest BCUT2D eigenvalue weighted by atomic mass is 10.2. The Morgan fingerprint density at radius 1 is 1.20 bits per heavy atom. The van der Waals surface area contributed by atoms with Gasteiger partial charge in [0.05, 0.1) is 12.7 Å². The predicted octanol–water partition coefficient (Wildman–Crippen LogP) is 2.20. The Hall–Kier alpha value is -1.51. The van der Waals surface area contributed by atoms with E-state index >= 15 is 0 Å².